The third-order valence-electron chi connectivity index (χ3n) is 4.61. The summed E-state index contributed by atoms with van der Waals surface area (Å²) in [4.78, 5) is 7.06. The average Bonchev–Trinajstić information content (AvgIpc) is 3.14. The van der Waals surface area contributed by atoms with Gasteiger partial charge in [-0.2, -0.15) is 4.98 Å². The second-order valence-corrected chi connectivity index (χ2v) is 6.06. The van der Waals surface area contributed by atoms with Gasteiger partial charge in [0.25, 0.3) is 0 Å². The summed E-state index contributed by atoms with van der Waals surface area (Å²) in [6.45, 7) is 6.66. The summed E-state index contributed by atoms with van der Waals surface area (Å²) in [5, 5.41) is 4.14. The zero-order chi connectivity index (χ0) is 15.7. The van der Waals surface area contributed by atoms with E-state index in [1.165, 1.54) is 12.8 Å². The standard InChI is InChI=1S/C17H23N3O2/c1-11-9-10-12(2)20(11)13(3)17-18-16(19-22-17)14-7-5-6-8-15(14)21-4/h5-8,11-13H,9-10H2,1-4H3/t11-,12-,13-/m0/s1. The van der Waals surface area contributed by atoms with Gasteiger partial charge >= 0.3 is 0 Å². The number of likely N-dealkylation sites (tertiary alicyclic amines) is 1. The van der Waals surface area contributed by atoms with Crippen LogP contribution >= 0.6 is 0 Å². The molecule has 0 aliphatic carbocycles. The Hall–Kier alpha value is -1.88. The molecule has 0 N–H and O–H groups in total. The number of hydrogen-bond donors (Lipinski definition) is 0. The molecule has 0 bridgehead atoms. The molecule has 2 aromatic rings. The van der Waals surface area contributed by atoms with Crippen molar-refractivity contribution in [3.05, 3.63) is 30.2 Å². The quantitative estimate of drug-likeness (QED) is 0.862. The maximum atomic E-state index is 5.53. The van der Waals surface area contributed by atoms with Gasteiger partial charge in [0.05, 0.1) is 18.7 Å². The van der Waals surface area contributed by atoms with E-state index in [0.29, 0.717) is 23.8 Å². The van der Waals surface area contributed by atoms with E-state index in [1.54, 1.807) is 7.11 Å². The van der Waals surface area contributed by atoms with E-state index in [-0.39, 0.29) is 6.04 Å². The van der Waals surface area contributed by atoms with Crippen LogP contribution in [-0.2, 0) is 0 Å². The topological polar surface area (TPSA) is 51.4 Å². The van der Waals surface area contributed by atoms with Gasteiger partial charge < -0.3 is 9.26 Å². The lowest BCUT2D eigenvalue weighted by Crippen LogP contribution is -2.35. The maximum Gasteiger partial charge on any atom is 0.244 e. The van der Waals surface area contributed by atoms with Gasteiger partial charge in [-0.05, 0) is 45.7 Å². The number of aromatic nitrogens is 2. The van der Waals surface area contributed by atoms with Crippen LogP contribution in [0.4, 0.5) is 0 Å². The maximum absolute atomic E-state index is 5.53. The van der Waals surface area contributed by atoms with Crippen LogP contribution in [0.3, 0.4) is 0 Å². The molecule has 1 saturated heterocycles. The second kappa shape index (κ2) is 6.08. The molecule has 22 heavy (non-hydrogen) atoms. The fourth-order valence-corrected chi connectivity index (χ4v) is 3.45. The number of ether oxygens (including phenoxy) is 1. The Morgan fingerprint density at radius 2 is 1.91 bits per heavy atom. The SMILES string of the molecule is COc1ccccc1-c1noc([C@H](C)N2[C@@H](C)CC[C@@H]2C)n1. The first-order valence-electron chi connectivity index (χ1n) is 7.86. The predicted molar refractivity (Wildman–Crippen MR) is 84.7 cm³/mol. The van der Waals surface area contributed by atoms with Crippen LogP contribution < -0.4 is 4.74 Å². The van der Waals surface area contributed by atoms with Gasteiger partial charge in [-0.15, -0.1) is 0 Å². The smallest absolute Gasteiger partial charge is 0.244 e. The predicted octanol–water partition coefficient (Wildman–Crippen LogP) is 3.68. The van der Waals surface area contributed by atoms with Crippen LogP contribution in [0.1, 0.15) is 45.5 Å². The molecule has 0 amide bonds. The summed E-state index contributed by atoms with van der Waals surface area (Å²) in [6, 6.07) is 8.95. The van der Waals surface area contributed by atoms with Crippen LogP contribution in [0.15, 0.2) is 28.8 Å². The Labute approximate surface area is 131 Å². The summed E-state index contributed by atoms with van der Waals surface area (Å²) < 4.78 is 10.9. The van der Waals surface area contributed by atoms with Gasteiger partial charge in [0.2, 0.25) is 11.7 Å². The number of para-hydroxylation sites is 1. The molecular weight excluding hydrogens is 278 g/mol. The number of methoxy groups -OCH3 is 1. The van der Waals surface area contributed by atoms with Crippen molar-refractivity contribution in [2.75, 3.05) is 7.11 Å². The Bertz CT molecular complexity index is 630. The molecule has 2 heterocycles. The summed E-state index contributed by atoms with van der Waals surface area (Å²) in [5.41, 5.74) is 0.856. The van der Waals surface area contributed by atoms with E-state index in [2.05, 4.69) is 35.8 Å². The third-order valence-corrected chi connectivity index (χ3v) is 4.61. The minimum atomic E-state index is 0.128. The molecule has 1 aliphatic heterocycles. The van der Waals surface area contributed by atoms with Crippen molar-refractivity contribution in [1.82, 2.24) is 15.0 Å². The molecule has 3 atom stereocenters. The molecule has 1 aromatic carbocycles. The highest BCUT2D eigenvalue weighted by molar-refractivity contribution is 5.63. The molecule has 0 radical (unpaired) electrons. The van der Waals surface area contributed by atoms with Crippen molar-refractivity contribution in [2.24, 2.45) is 0 Å². The highest BCUT2D eigenvalue weighted by atomic mass is 16.5. The van der Waals surface area contributed by atoms with Crippen molar-refractivity contribution >= 4 is 0 Å². The van der Waals surface area contributed by atoms with Crippen LogP contribution in [0.25, 0.3) is 11.4 Å². The zero-order valence-electron chi connectivity index (χ0n) is 13.6. The average molecular weight is 301 g/mol. The molecule has 5 heteroatoms. The number of nitrogens with zero attached hydrogens (tertiary/aromatic N) is 3. The molecule has 3 rings (SSSR count). The fourth-order valence-electron chi connectivity index (χ4n) is 3.45. The first-order chi connectivity index (χ1) is 10.6. The number of hydrogen-bond acceptors (Lipinski definition) is 5. The van der Waals surface area contributed by atoms with E-state index in [9.17, 15) is 0 Å². The molecule has 1 aromatic heterocycles. The molecule has 1 aliphatic rings. The van der Waals surface area contributed by atoms with Crippen LogP contribution in [0.5, 0.6) is 5.75 Å². The van der Waals surface area contributed by atoms with Gasteiger partial charge in [0.15, 0.2) is 0 Å². The largest absolute Gasteiger partial charge is 0.496 e. The molecule has 0 spiro atoms. The third kappa shape index (κ3) is 2.61. The van der Waals surface area contributed by atoms with Crippen molar-refractivity contribution in [2.45, 2.75) is 51.7 Å². The van der Waals surface area contributed by atoms with Gasteiger partial charge in [0, 0.05) is 12.1 Å². The molecule has 5 nitrogen and oxygen atoms in total. The van der Waals surface area contributed by atoms with Gasteiger partial charge in [-0.1, -0.05) is 17.3 Å². The lowest BCUT2D eigenvalue weighted by atomic mass is 10.2. The monoisotopic (exact) mass is 301 g/mol. The molecule has 0 saturated carbocycles. The summed E-state index contributed by atoms with van der Waals surface area (Å²) >= 11 is 0. The van der Waals surface area contributed by atoms with E-state index in [1.807, 2.05) is 24.3 Å². The Morgan fingerprint density at radius 1 is 1.23 bits per heavy atom. The van der Waals surface area contributed by atoms with Gasteiger partial charge in [-0.3, -0.25) is 4.90 Å². The Kier molecular flexibility index (Phi) is 4.16. The normalized spacial score (nSPS) is 23.6. The van der Waals surface area contributed by atoms with Crippen molar-refractivity contribution in [3.8, 4) is 17.1 Å². The van der Waals surface area contributed by atoms with E-state index in [4.69, 9.17) is 9.26 Å². The molecule has 1 fully saturated rings. The van der Waals surface area contributed by atoms with Crippen molar-refractivity contribution in [3.63, 3.8) is 0 Å². The molecule has 0 unspecified atom stereocenters. The van der Waals surface area contributed by atoms with Crippen LogP contribution in [-0.4, -0.2) is 34.2 Å². The van der Waals surface area contributed by atoms with Crippen molar-refractivity contribution < 1.29 is 9.26 Å². The minimum Gasteiger partial charge on any atom is -0.496 e. The van der Waals surface area contributed by atoms with E-state index in [0.717, 1.165) is 11.3 Å². The van der Waals surface area contributed by atoms with Crippen LogP contribution in [0, 0.1) is 0 Å². The van der Waals surface area contributed by atoms with Gasteiger partial charge in [0.1, 0.15) is 5.75 Å². The molecule has 118 valence electrons. The highest BCUT2D eigenvalue weighted by Crippen LogP contribution is 2.34. The lowest BCUT2D eigenvalue weighted by Gasteiger charge is -2.30. The van der Waals surface area contributed by atoms with Crippen LogP contribution in [0.2, 0.25) is 0 Å². The number of benzene rings is 1. The molecular formula is C17H23N3O2. The first-order valence-corrected chi connectivity index (χ1v) is 7.86. The van der Waals surface area contributed by atoms with E-state index < -0.39 is 0 Å². The zero-order valence-corrected chi connectivity index (χ0v) is 13.6. The fraction of sp³-hybridized carbons (Fsp3) is 0.529. The Balaban J connectivity index is 1.87. The highest BCUT2D eigenvalue weighted by Gasteiger charge is 2.34. The summed E-state index contributed by atoms with van der Waals surface area (Å²) in [7, 11) is 1.65. The Morgan fingerprint density at radius 3 is 2.59 bits per heavy atom. The lowest BCUT2D eigenvalue weighted by molar-refractivity contribution is 0.128. The van der Waals surface area contributed by atoms with E-state index >= 15 is 0 Å². The number of rotatable bonds is 4. The summed E-state index contributed by atoms with van der Waals surface area (Å²) in [6.07, 6.45) is 2.44. The van der Waals surface area contributed by atoms with Crippen molar-refractivity contribution in [1.29, 1.82) is 0 Å². The summed E-state index contributed by atoms with van der Waals surface area (Å²) in [5.74, 6) is 2.01. The van der Waals surface area contributed by atoms with Gasteiger partial charge in [-0.25, -0.2) is 0 Å². The minimum absolute atomic E-state index is 0.128. The first kappa shape index (κ1) is 15.0. The second-order valence-electron chi connectivity index (χ2n) is 6.06.